The number of nitrogens with two attached hydrogens (primary N) is 1. The van der Waals surface area contributed by atoms with Gasteiger partial charge in [-0.3, -0.25) is 0 Å². The Morgan fingerprint density at radius 1 is 1.41 bits per heavy atom. The van der Waals surface area contributed by atoms with Gasteiger partial charge in [0.05, 0.1) is 12.7 Å². The molecule has 0 spiro atoms. The molecule has 0 radical (unpaired) electrons. The van der Waals surface area contributed by atoms with Gasteiger partial charge >= 0.3 is 5.97 Å². The Hall–Kier alpha value is -1.23. The summed E-state index contributed by atoms with van der Waals surface area (Å²) in [6, 6.07) is 5.37. The molecule has 6 heteroatoms. The molecule has 3 N–H and O–H groups in total. The van der Waals surface area contributed by atoms with Gasteiger partial charge in [0.2, 0.25) is 0 Å². The van der Waals surface area contributed by atoms with E-state index in [1.807, 2.05) is 12.3 Å². The van der Waals surface area contributed by atoms with Gasteiger partial charge < -0.3 is 15.5 Å². The molecule has 0 amide bonds. The molecule has 0 aliphatic heterocycles. The maximum atomic E-state index is 11.3. The molecule has 0 aliphatic carbocycles. The monoisotopic (exact) mass is 276 g/mol. The van der Waals surface area contributed by atoms with Crippen LogP contribution in [0.5, 0.6) is 0 Å². The fourth-order valence-corrected chi connectivity index (χ4v) is 1.59. The van der Waals surface area contributed by atoms with Crippen molar-refractivity contribution in [1.82, 2.24) is 4.98 Å². The van der Waals surface area contributed by atoms with Crippen LogP contribution in [0.4, 0.5) is 0 Å². The quantitative estimate of drug-likeness (QED) is 0.827. The fourth-order valence-electron chi connectivity index (χ4n) is 1.59. The van der Waals surface area contributed by atoms with Crippen molar-refractivity contribution >= 4 is 41.7 Å². The minimum atomic E-state index is -0.332. The van der Waals surface area contributed by atoms with Crippen LogP contribution in [-0.2, 0) is 11.3 Å². The fraction of sp³-hybridized carbons (Fsp3) is 0.182. The summed E-state index contributed by atoms with van der Waals surface area (Å²) in [6.07, 6.45) is 1.85. The average Bonchev–Trinajstić information content (AvgIpc) is 2.69. The molecule has 2 rings (SSSR count). The molecule has 0 saturated carbocycles. The molecule has 0 unspecified atom stereocenters. The van der Waals surface area contributed by atoms with Crippen molar-refractivity contribution in [3.05, 3.63) is 35.5 Å². The molecule has 0 saturated heterocycles. The van der Waals surface area contributed by atoms with Gasteiger partial charge in [-0.1, -0.05) is 0 Å². The number of carbonyl (C=O) groups excluding carboxylic acids is 1. The predicted octanol–water partition coefficient (Wildman–Crippen LogP) is 2.26. The van der Waals surface area contributed by atoms with Crippen molar-refractivity contribution in [2.75, 3.05) is 7.11 Å². The van der Waals surface area contributed by atoms with Crippen molar-refractivity contribution in [1.29, 1.82) is 0 Å². The minimum absolute atomic E-state index is 0. The second-order valence-electron chi connectivity index (χ2n) is 3.27. The van der Waals surface area contributed by atoms with Gasteiger partial charge in [-0.05, 0) is 23.8 Å². The summed E-state index contributed by atoms with van der Waals surface area (Å²) in [6.45, 7) is 0.449. The number of benzene rings is 1. The van der Waals surface area contributed by atoms with E-state index < -0.39 is 0 Å². The number of nitrogens with one attached hydrogen (secondary N) is 1. The van der Waals surface area contributed by atoms with Gasteiger partial charge in [0.1, 0.15) is 0 Å². The number of carbonyl (C=O) groups is 1. The Kier molecular flexibility index (Phi) is 6.02. The van der Waals surface area contributed by atoms with E-state index in [4.69, 9.17) is 5.73 Å². The SMILES string of the molecule is COC(=O)c1ccc2[nH]cc(CN)c2c1.Cl.Cl. The molecular weight excluding hydrogens is 263 g/mol. The number of hydrogen-bond acceptors (Lipinski definition) is 3. The third kappa shape index (κ3) is 2.91. The number of methoxy groups -OCH3 is 1. The van der Waals surface area contributed by atoms with Gasteiger partial charge in [0, 0.05) is 23.6 Å². The van der Waals surface area contributed by atoms with E-state index in [0.717, 1.165) is 16.5 Å². The first-order chi connectivity index (χ1) is 7.26. The third-order valence-electron chi connectivity index (χ3n) is 2.41. The van der Waals surface area contributed by atoms with Crippen molar-refractivity contribution in [2.24, 2.45) is 5.73 Å². The number of halogens is 2. The summed E-state index contributed by atoms with van der Waals surface area (Å²) in [4.78, 5) is 14.4. The summed E-state index contributed by atoms with van der Waals surface area (Å²) in [5.41, 5.74) is 8.10. The van der Waals surface area contributed by atoms with E-state index in [2.05, 4.69) is 9.72 Å². The van der Waals surface area contributed by atoms with Crippen LogP contribution in [0.15, 0.2) is 24.4 Å². The van der Waals surface area contributed by atoms with E-state index in [1.165, 1.54) is 7.11 Å². The molecule has 4 nitrogen and oxygen atoms in total. The van der Waals surface area contributed by atoms with Crippen LogP contribution in [0.3, 0.4) is 0 Å². The van der Waals surface area contributed by atoms with E-state index in [0.29, 0.717) is 12.1 Å². The standard InChI is InChI=1S/C11H12N2O2.2ClH/c1-15-11(14)7-2-3-10-9(4-7)8(5-12)6-13-10;;/h2-4,6,13H,5,12H2,1H3;2*1H. The van der Waals surface area contributed by atoms with E-state index in [1.54, 1.807) is 12.1 Å². The molecule has 1 aromatic heterocycles. The van der Waals surface area contributed by atoms with E-state index in [9.17, 15) is 4.79 Å². The maximum Gasteiger partial charge on any atom is 0.337 e. The Morgan fingerprint density at radius 2 is 2.12 bits per heavy atom. The van der Waals surface area contributed by atoms with Crippen LogP contribution in [0.1, 0.15) is 15.9 Å². The highest BCUT2D eigenvalue weighted by molar-refractivity contribution is 5.95. The smallest absolute Gasteiger partial charge is 0.337 e. The van der Waals surface area contributed by atoms with Gasteiger partial charge in [-0.25, -0.2) is 4.79 Å². The molecule has 1 heterocycles. The number of rotatable bonds is 2. The first-order valence-electron chi connectivity index (χ1n) is 4.64. The number of aromatic amines is 1. The van der Waals surface area contributed by atoms with Crippen LogP contribution >= 0.6 is 24.8 Å². The molecule has 2 aromatic rings. The maximum absolute atomic E-state index is 11.3. The van der Waals surface area contributed by atoms with E-state index >= 15 is 0 Å². The number of hydrogen-bond donors (Lipinski definition) is 2. The molecule has 0 bridgehead atoms. The number of fused-ring (bicyclic) bond motifs is 1. The molecule has 17 heavy (non-hydrogen) atoms. The first kappa shape index (κ1) is 15.8. The lowest BCUT2D eigenvalue weighted by molar-refractivity contribution is 0.0601. The number of aromatic nitrogens is 1. The van der Waals surface area contributed by atoms with Crippen LogP contribution in [0.2, 0.25) is 0 Å². The Labute approximate surface area is 111 Å². The average molecular weight is 277 g/mol. The Bertz CT molecular complexity index is 511. The number of esters is 1. The summed E-state index contributed by atoms with van der Waals surface area (Å²) < 4.78 is 4.65. The Balaban J connectivity index is 0.00000128. The summed E-state index contributed by atoms with van der Waals surface area (Å²) in [5, 5.41) is 0.973. The lowest BCUT2D eigenvalue weighted by Crippen LogP contribution is -2.01. The molecule has 0 fully saturated rings. The second-order valence-corrected chi connectivity index (χ2v) is 3.27. The number of ether oxygens (including phenoxy) is 1. The van der Waals surface area contributed by atoms with Crippen molar-refractivity contribution in [3.63, 3.8) is 0 Å². The summed E-state index contributed by atoms with van der Waals surface area (Å²) in [5.74, 6) is -0.332. The highest BCUT2D eigenvalue weighted by atomic mass is 35.5. The largest absolute Gasteiger partial charge is 0.465 e. The lowest BCUT2D eigenvalue weighted by Gasteiger charge is -2.00. The van der Waals surface area contributed by atoms with Crippen LogP contribution in [-0.4, -0.2) is 18.1 Å². The van der Waals surface area contributed by atoms with Crippen molar-refractivity contribution < 1.29 is 9.53 Å². The van der Waals surface area contributed by atoms with Gasteiger partial charge in [0.15, 0.2) is 0 Å². The molecule has 1 aromatic carbocycles. The molecular formula is C11H14Cl2N2O2. The third-order valence-corrected chi connectivity index (χ3v) is 2.41. The zero-order chi connectivity index (χ0) is 10.8. The van der Waals surface area contributed by atoms with E-state index in [-0.39, 0.29) is 30.8 Å². The Morgan fingerprint density at radius 3 is 2.71 bits per heavy atom. The topological polar surface area (TPSA) is 68.1 Å². The van der Waals surface area contributed by atoms with Gasteiger partial charge in [-0.2, -0.15) is 0 Å². The lowest BCUT2D eigenvalue weighted by atomic mass is 10.1. The highest BCUT2D eigenvalue weighted by Crippen LogP contribution is 2.19. The first-order valence-corrected chi connectivity index (χ1v) is 4.64. The zero-order valence-corrected chi connectivity index (χ0v) is 10.9. The van der Waals surface area contributed by atoms with Crippen molar-refractivity contribution in [3.8, 4) is 0 Å². The van der Waals surface area contributed by atoms with Crippen LogP contribution < -0.4 is 5.73 Å². The minimum Gasteiger partial charge on any atom is -0.465 e. The molecule has 0 atom stereocenters. The normalized spacial score (nSPS) is 9.29. The van der Waals surface area contributed by atoms with Gasteiger partial charge in [-0.15, -0.1) is 24.8 Å². The highest BCUT2D eigenvalue weighted by Gasteiger charge is 2.08. The molecule has 94 valence electrons. The summed E-state index contributed by atoms with van der Waals surface area (Å²) >= 11 is 0. The van der Waals surface area contributed by atoms with Crippen LogP contribution in [0, 0.1) is 0 Å². The van der Waals surface area contributed by atoms with Crippen LogP contribution in [0.25, 0.3) is 10.9 Å². The predicted molar refractivity (Wildman–Crippen MR) is 72.0 cm³/mol. The van der Waals surface area contributed by atoms with Gasteiger partial charge in [0.25, 0.3) is 0 Å². The zero-order valence-electron chi connectivity index (χ0n) is 9.23. The second kappa shape index (κ2) is 6.49. The summed E-state index contributed by atoms with van der Waals surface area (Å²) in [7, 11) is 1.37. The number of H-pyrrole nitrogens is 1. The van der Waals surface area contributed by atoms with Crippen molar-refractivity contribution in [2.45, 2.75) is 6.54 Å². The molecule has 0 aliphatic rings.